The monoisotopic (exact) mass is 307 g/mol. The van der Waals surface area contributed by atoms with Gasteiger partial charge in [-0.25, -0.2) is 9.37 Å². The van der Waals surface area contributed by atoms with Crippen LogP contribution >= 0.6 is 0 Å². The lowest BCUT2D eigenvalue weighted by Gasteiger charge is -2.18. The average Bonchev–Trinajstić information content (AvgIpc) is 2.96. The van der Waals surface area contributed by atoms with Gasteiger partial charge in [0.1, 0.15) is 11.6 Å². The van der Waals surface area contributed by atoms with E-state index in [0.29, 0.717) is 0 Å². The van der Waals surface area contributed by atoms with Crippen molar-refractivity contribution in [3.8, 4) is 22.5 Å². The number of halogens is 1. The predicted molar refractivity (Wildman–Crippen MR) is 89.5 cm³/mol. The van der Waals surface area contributed by atoms with Crippen molar-refractivity contribution >= 4 is 0 Å². The van der Waals surface area contributed by atoms with E-state index in [1.165, 1.54) is 17.7 Å². The summed E-state index contributed by atoms with van der Waals surface area (Å²) in [5, 5.41) is 3.36. The highest BCUT2D eigenvalue weighted by atomic mass is 19.1. The van der Waals surface area contributed by atoms with Crippen LogP contribution < -0.4 is 5.32 Å². The molecule has 0 unspecified atom stereocenters. The van der Waals surface area contributed by atoms with E-state index in [4.69, 9.17) is 4.98 Å². The number of fused-ring (bicyclic) bond motifs is 1. The van der Waals surface area contributed by atoms with Gasteiger partial charge in [0.15, 0.2) is 0 Å². The highest BCUT2D eigenvalue weighted by Gasteiger charge is 2.21. The second-order valence-corrected chi connectivity index (χ2v) is 5.93. The minimum atomic E-state index is -0.226. The number of nitrogens with zero attached hydrogens (tertiary/aromatic N) is 2. The van der Waals surface area contributed by atoms with Crippen molar-refractivity contribution in [1.29, 1.82) is 0 Å². The molecule has 0 amide bonds. The summed E-state index contributed by atoms with van der Waals surface area (Å²) in [7, 11) is 0. The smallest absolute Gasteiger partial charge is 0.123 e. The Morgan fingerprint density at radius 3 is 2.43 bits per heavy atom. The minimum absolute atomic E-state index is 0.226. The van der Waals surface area contributed by atoms with E-state index in [2.05, 4.69) is 41.1 Å². The van der Waals surface area contributed by atoms with Crippen molar-refractivity contribution in [3.63, 3.8) is 0 Å². The van der Waals surface area contributed by atoms with Crippen LogP contribution in [0.4, 0.5) is 4.39 Å². The maximum Gasteiger partial charge on any atom is 0.123 e. The highest BCUT2D eigenvalue weighted by molar-refractivity contribution is 5.79. The largest absolute Gasteiger partial charge is 0.325 e. The first-order chi connectivity index (χ1) is 11.2. The summed E-state index contributed by atoms with van der Waals surface area (Å²) < 4.78 is 15.5. The van der Waals surface area contributed by atoms with Gasteiger partial charge in [0.2, 0.25) is 0 Å². The van der Waals surface area contributed by atoms with Gasteiger partial charge < -0.3 is 9.88 Å². The molecule has 0 fully saturated rings. The van der Waals surface area contributed by atoms with E-state index in [1.807, 2.05) is 0 Å². The van der Waals surface area contributed by atoms with E-state index < -0.39 is 0 Å². The molecule has 116 valence electrons. The lowest BCUT2D eigenvalue weighted by Crippen LogP contribution is -2.28. The van der Waals surface area contributed by atoms with E-state index >= 15 is 0 Å². The topological polar surface area (TPSA) is 29.9 Å². The van der Waals surface area contributed by atoms with Gasteiger partial charge in [-0.05, 0) is 31.2 Å². The van der Waals surface area contributed by atoms with Gasteiger partial charge in [0.25, 0.3) is 0 Å². The maximum absolute atomic E-state index is 13.3. The van der Waals surface area contributed by atoms with E-state index in [1.54, 1.807) is 12.1 Å². The Labute approximate surface area is 134 Å². The molecular weight excluding hydrogens is 289 g/mol. The molecule has 1 N–H and O–H groups in total. The van der Waals surface area contributed by atoms with Crippen LogP contribution in [-0.2, 0) is 13.1 Å². The second kappa shape index (κ2) is 5.63. The van der Waals surface area contributed by atoms with Gasteiger partial charge in [-0.2, -0.15) is 0 Å². The zero-order chi connectivity index (χ0) is 15.8. The molecule has 4 rings (SSSR count). The first-order valence-corrected chi connectivity index (χ1v) is 7.85. The predicted octanol–water partition coefficient (Wildman–Crippen LogP) is 3.77. The van der Waals surface area contributed by atoms with Crippen LogP contribution in [0.5, 0.6) is 0 Å². The van der Waals surface area contributed by atoms with Crippen LogP contribution in [0.15, 0.2) is 48.5 Å². The number of benzene rings is 2. The molecule has 0 bridgehead atoms. The third-order valence-corrected chi connectivity index (χ3v) is 4.28. The molecule has 3 aromatic rings. The molecule has 2 aromatic carbocycles. The first kappa shape index (κ1) is 14.2. The molecule has 2 heterocycles. The van der Waals surface area contributed by atoms with Crippen molar-refractivity contribution in [3.05, 3.63) is 65.7 Å². The number of aryl methyl sites for hydroxylation is 1. The zero-order valence-electron chi connectivity index (χ0n) is 13.0. The molecule has 23 heavy (non-hydrogen) atoms. The van der Waals surface area contributed by atoms with Crippen LogP contribution in [0.2, 0.25) is 0 Å². The molecular formula is C19H18FN3. The van der Waals surface area contributed by atoms with Gasteiger partial charge in [0.05, 0.1) is 17.9 Å². The second-order valence-electron chi connectivity index (χ2n) is 5.93. The molecule has 1 aliphatic heterocycles. The molecule has 1 aromatic heterocycles. The van der Waals surface area contributed by atoms with Gasteiger partial charge >= 0.3 is 0 Å². The van der Waals surface area contributed by atoms with E-state index in [9.17, 15) is 4.39 Å². The summed E-state index contributed by atoms with van der Waals surface area (Å²) in [6.45, 7) is 4.68. The molecule has 4 heteroatoms. The fraction of sp³-hybridized carbons (Fsp3) is 0.211. The maximum atomic E-state index is 13.3. The Bertz CT molecular complexity index is 832. The van der Waals surface area contributed by atoms with Crippen molar-refractivity contribution in [1.82, 2.24) is 14.9 Å². The van der Waals surface area contributed by atoms with Gasteiger partial charge in [-0.1, -0.05) is 29.8 Å². The molecule has 0 aliphatic carbocycles. The summed E-state index contributed by atoms with van der Waals surface area (Å²) in [6, 6.07) is 15.1. The fourth-order valence-corrected chi connectivity index (χ4v) is 3.08. The number of nitrogens with one attached hydrogen (secondary N) is 1. The SMILES string of the molecule is Cc1ccc(-c2c(-c3ccc(F)cc3)nc3n2CCNC3)cc1. The zero-order valence-corrected chi connectivity index (χ0v) is 13.0. The molecule has 0 radical (unpaired) electrons. The van der Waals surface area contributed by atoms with Crippen LogP contribution in [-0.4, -0.2) is 16.1 Å². The summed E-state index contributed by atoms with van der Waals surface area (Å²) in [5.41, 5.74) is 5.37. The first-order valence-electron chi connectivity index (χ1n) is 7.85. The van der Waals surface area contributed by atoms with Crippen molar-refractivity contribution in [2.75, 3.05) is 6.54 Å². The lowest BCUT2D eigenvalue weighted by atomic mass is 10.0. The van der Waals surface area contributed by atoms with Crippen molar-refractivity contribution in [2.24, 2.45) is 0 Å². The van der Waals surface area contributed by atoms with Gasteiger partial charge in [-0.3, -0.25) is 0 Å². The lowest BCUT2D eigenvalue weighted by molar-refractivity contribution is 0.508. The summed E-state index contributed by atoms with van der Waals surface area (Å²) in [5.74, 6) is 0.808. The van der Waals surface area contributed by atoms with Gasteiger partial charge in [-0.15, -0.1) is 0 Å². The number of imidazole rings is 1. The number of hydrogen-bond donors (Lipinski definition) is 1. The van der Waals surface area contributed by atoms with Crippen molar-refractivity contribution in [2.45, 2.75) is 20.0 Å². The quantitative estimate of drug-likeness (QED) is 0.781. The Morgan fingerprint density at radius 2 is 1.70 bits per heavy atom. The fourth-order valence-electron chi connectivity index (χ4n) is 3.08. The average molecular weight is 307 g/mol. The Kier molecular flexibility index (Phi) is 3.46. The Morgan fingerprint density at radius 1 is 1.00 bits per heavy atom. The summed E-state index contributed by atoms with van der Waals surface area (Å²) >= 11 is 0. The molecule has 0 spiro atoms. The molecule has 0 saturated carbocycles. The molecule has 1 aliphatic rings. The summed E-state index contributed by atoms with van der Waals surface area (Å²) in [6.07, 6.45) is 0. The van der Waals surface area contributed by atoms with Crippen LogP contribution in [0, 0.1) is 12.7 Å². The molecule has 0 atom stereocenters. The van der Waals surface area contributed by atoms with Crippen LogP contribution in [0.1, 0.15) is 11.4 Å². The Balaban J connectivity index is 1.93. The Hall–Kier alpha value is -2.46. The number of hydrogen-bond acceptors (Lipinski definition) is 2. The number of aromatic nitrogens is 2. The highest BCUT2D eigenvalue weighted by Crippen LogP contribution is 2.33. The number of rotatable bonds is 2. The van der Waals surface area contributed by atoms with E-state index in [0.717, 1.165) is 48.0 Å². The molecule has 0 saturated heterocycles. The van der Waals surface area contributed by atoms with Crippen LogP contribution in [0.3, 0.4) is 0 Å². The van der Waals surface area contributed by atoms with Crippen LogP contribution in [0.25, 0.3) is 22.5 Å². The van der Waals surface area contributed by atoms with Crippen molar-refractivity contribution < 1.29 is 4.39 Å². The minimum Gasteiger partial charge on any atom is -0.325 e. The van der Waals surface area contributed by atoms with E-state index in [-0.39, 0.29) is 5.82 Å². The standard InChI is InChI=1S/C19H18FN3/c1-13-2-4-15(5-3-13)19-18(14-6-8-16(20)9-7-14)22-17-12-21-10-11-23(17)19/h2-9,21H,10-12H2,1H3. The van der Waals surface area contributed by atoms with Gasteiger partial charge in [0, 0.05) is 24.2 Å². The normalized spacial score (nSPS) is 13.8. The third kappa shape index (κ3) is 2.55. The summed E-state index contributed by atoms with van der Waals surface area (Å²) in [4.78, 5) is 4.83. The molecule has 3 nitrogen and oxygen atoms in total. The third-order valence-electron chi connectivity index (χ3n) is 4.28.